The van der Waals surface area contributed by atoms with Crippen LogP contribution in [0, 0.1) is 5.92 Å². The molecule has 0 aliphatic carbocycles. The van der Waals surface area contributed by atoms with Crippen molar-refractivity contribution in [3.63, 3.8) is 0 Å². The van der Waals surface area contributed by atoms with Crippen LogP contribution in [0.3, 0.4) is 0 Å². The Kier molecular flexibility index (Phi) is 5.29. The molecule has 1 rings (SSSR count). The van der Waals surface area contributed by atoms with Crippen LogP contribution in [-0.4, -0.2) is 53.0 Å². The first kappa shape index (κ1) is 15.4. The molecule has 7 nitrogen and oxygen atoms in total. The van der Waals surface area contributed by atoms with E-state index in [9.17, 15) is 14.4 Å². The molecule has 0 aromatic carbocycles. The first-order valence-corrected chi connectivity index (χ1v) is 6.39. The number of aliphatic carboxylic acids is 1. The molecule has 0 saturated carbocycles. The molecular formula is C12H21N3O4. The normalized spacial score (nSPS) is 20.5. The lowest BCUT2D eigenvalue weighted by Gasteiger charge is -2.34. The number of amides is 2. The molecule has 1 heterocycles. The molecular weight excluding hydrogens is 250 g/mol. The molecule has 4 N–H and O–H groups in total. The zero-order valence-electron chi connectivity index (χ0n) is 11.3. The Morgan fingerprint density at radius 1 is 1.26 bits per heavy atom. The lowest BCUT2D eigenvalue weighted by molar-refractivity contribution is -0.142. The number of nitrogens with one attached hydrogen (secondary N) is 1. The quantitative estimate of drug-likeness (QED) is 0.603. The highest BCUT2D eigenvalue weighted by Gasteiger charge is 2.29. The number of hydrogen-bond acceptors (Lipinski definition) is 4. The zero-order valence-corrected chi connectivity index (χ0v) is 11.3. The molecule has 2 amide bonds. The second-order valence-electron chi connectivity index (χ2n) is 4.96. The van der Waals surface area contributed by atoms with Crippen molar-refractivity contribution in [2.24, 2.45) is 11.7 Å². The first-order valence-electron chi connectivity index (χ1n) is 6.39. The molecule has 1 saturated heterocycles. The third-order valence-corrected chi connectivity index (χ3v) is 3.59. The van der Waals surface area contributed by atoms with Crippen LogP contribution in [0.4, 0.5) is 0 Å². The van der Waals surface area contributed by atoms with E-state index < -0.39 is 18.1 Å². The van der Waals surface area contributed by atoms with Crippen molar-refractivity contribution in [1.82, 2.24) is 10.2 Å². The third-order valence-electron chi connectivity index (χ3n) is 3.59. The van der Waals surface area contributed by atoms with E-state index in [2.05, 4.69) is 5.32 Å². The van der Waals surface area contributed by atoms with Gasteiger partial charge in [-0.2, -0.15) is 0 Å². The number of hydrogen-bond donors (Lipinski definition) is 3. The second-order valence-corrected chi connectivity index (χ2v) is 4.96. The van der Waals surface area contributed by atoms with Gasteiger partial charge in [-0.25, -0.2) is 0 Å². The van der Waals surface area contributed by atoms with Gasteiger partial charge in [0.05, 0.1) is 6.04 Å². The van der Waals surface area contributed by atoms with E-state index in [0.717, 1.165) is 0 Å². The minimum Gasteiger partial charge on any atom is -0.480 e. The Morgan fingerprint density at radius 3 is 2.21 bits per heavy atom. The first-order chi connectivity index (χ1) is 8.82. The summed E-state index contributed by atoms with van der Waals surface area (Å²) in [6.07, 6.45) is 1.28. The average Bonchev–Trinajstić information content (AvgIpc) is 2.37. The average molecular weight is 271 g/mol. The molecule has 7 heteroatoms. The SMILES string of the molecule is CC(NC(=O)C(C)N1CCC(C(N)=O)CC1)C(=O)O. The number of primary amides is 1. The summed E-state index contributed by atoms with van der Waals surface area (Å²) in [5.74, 6) is -1.79. The van der Waals surface area contributed by atoms with E-state index in [1.54, 1.807) is 6.92 Å². The summed E-state index contributed by atoms with van der Waals surface area (Å²) >= 11 is 0. The number of likely N-dealkylation sites (tertiary alicyclic amines) is 1. The van der Waals surface area contributed by atoms with Crippen molar-refractivity contribution < 1.29 is 19.5 Å². The molecule has 0 spiro atoms. The van der Waals surface area contributed by atoms with Crippen LogP contribution < -0.4 is 11.1 Å². The summed E-state index contributed by atoms with van der Waals surface area (Å²) in [6.45, 7) is 4.38. The maximum atomic E-state index is 11.9. The molecule has 0 bridgehead atoms. The number of carbonyl (C=O) groups is 3. The lowest BCUT2D eigenvalue weighted by Crippen LogP contribution is -2.52. The van der Waals surface area contributed by atoms with Gasteiger partial charge in [-0.3, -0.25) is 19.3 Å². The highest BCUT2D eigenvalue weighted by Crippen LogP contribution is 2.18. The maximum absolute atomic E-state index is 11.9. The molecule has 1 aliphatic heterocycles. The van der Waals surface area contributed by atoms with E-state index in [4.69, 9.17) is 10.8 Å². The summed E-state index contributed by atoms with van der Waals surface area (Å²) < 4.78 is 0. The molecule has 0 radical (unpaired) electrons. The van der Waals surface area contributed by atoms with Gasteiger partial charge in [-0.05, 0) is 39.8 Å². The Morgan fingerprint density at radius 2 is 1.79 bits per heavy atom. The fourth-order valence-electron chi connectivity index (χ4n) is 2.13. The number of carboxylic acid groups (broad SMARTS) is 1. The predicted octanol–water partition coefficient (Wildman–Crippen LogP) is -0.838. The van der Waals surface area contributed by atoms with E-state index in [1.165, 1.54) is 6.92 Å². The van der Waals surface area contributed by atoms with E-state index >= 15 is 0 Å². The molecule has 1 aliphatic rings. The van der Waals surface area contributed by atoms with Crippen molar-refractivity contribution in [3.05, 3.63) is 0 Å². The van der Waals surface area contributed by atoms with Crippen LogP contribution in [0.15, 0.2) is 0 Å². The molecule has 19 heavy (non-hydrogen) atoms. The Balaban J connectivity index is 2.46. The minimum absolute atomic E-state index is 0.121. The summed E-state index contributed by atoms with van der Waals surface area (Å²) in [5, 5.41) is 11.2. The summed E-state index contributed by atoms with van der Waals surface area (Å²) in [7, 11) is 0. The number of nitrogens with two attached hydrogens (primary N) is 1. The maximum Gasteiger partial charge on any atom is 0.325 e. The summed E-state index contributed by atoms with van der Waals surface area (Å²) in [4.78, 5) is 35.5. The fourth-order valence-corrected chi connectivity index (χ4v) is 2.13. The van der Waals surface area contributed by atoms with Crippen LogP contribution in [-0.2, 0) is 14.4 Å². The van der Waals surface area contributed by atoms with Gasteiger partial charge in [0, 0.05) is 5.92 Å². The predicted molar refractivity (Wildman–Crippen MR) is 68.2 cm³/mol. The van der Waals surface area contributed by atoms with E-state index in [1.807, 2.05) is 4.90 Å². The van der Waals surface area contributed by atoms with Gasteiger partial charge in [0.2, 0.25) is 11.8 Å². The van der Waals surface area contributed by atoms with Crippen LogP contribution in [0.5, 0.6) is 0 Å². The molecule has 2 atom stereocenters. The van der Waals surface area contributed by atoms with Gasteiger partial charge in [0.15, 0.2) is 0 Å². The van der Waals surface area contributed by atoms with Gasteiger partial charge in [0.25, 0.3) is 0 Å². The topological polar surface area (TPSA) is 113 Å². The Hall–Kier alpha value is -1.63. The molecule has 1 fully saturated rings. The molecule has 0 aromatic rings. The van der Waals surface area contributed by atoms with Crippen LogP contribution >= 0.6 is 0 Å². The van der Waals surface area contributed by atoms with Gasteiger partial charge >= 0.3 is 5.97 Å². The van der Waals surface area contributed by atoms with E-state index in [-0.39, 0.29) is 17.7 Å². The highest BCUT2D eigenvalue weighted by atomic mass is 16.4. The number of carboxylic acids is 1. The number of carbonyl (C=O) groups excluding carboxylic acids is 2. The standard InChI is InChI=1S/C12H21N3O4/c1-7(12(18)19)14-11(17)8(2)15-5-3-9(4-6-15)10(13)16/h7-9H,3-6H2,1-2H3,(H2,13,16)(H,14,17)(H,18,19). The van der Waals surface area contributed by atoms with Crippen molar-refractivity contribution in [1.29, 1.82) is 0 Å². The number of rotatable bonds is 5. The fraction of sp³-hybridized carbons (Fsp3) is 0.750. The summed E-state index contributed by atoms with van der Waals surface area (Å²) in [6, 6.07) is -1.31. The Bertz CT molecular complexity index is 364. The van der Waals surface area contributed by atoms with Gasteiger partial charge < -0.3 is 16.2 Å². The van der Waals surface area contributed by atoms with Crippen LogP contribution in [0.25, 0.3) is 0 Å². The monoisotopic (exact) mass is 271 g/mol. The molecule has 2 unspecified atom stereocenters. The van der Waals surface area contributed by atoms with Gasteiger partial charge in [-0.1, -0.05) is 0 Å². The van der Waals surface area contributed by atoms with Crippen LogP contribution in [0.1, 0.15) is 26.7 Å². The number of nitrogens with zero attached hydrogens (tertiary/aromatic N) is 1. The smallest absolute Gasteiger partial charge is 0.325 e. The van der Waals surface area contributed by atoms with Crippen molar-refractivity contribution >= 4 is 17.8 Å². The van der Waals surface area contributed by atoms with Gasteiger partial charge in [0.1, 0.15) is 6.04 Å². The largest absolute Gasteiger partial charge is 0.480 e. The molecule has 108 valence electrons. The second kappa shape index (κ2) is 6.51. The van der Waals surface area contributed by atoms with Crippen molar-refractivity contribution in [2.45, 2.75) is 38.8 Å². The summed E-state index contributed by atoms with van der Waals surface area (Å²) in [5.41, 5.74) is 5.25. The zero-order chi connectivity index (χ0) is 14.6. The third kappa shape index (κ3) is 4.20. The number of piperidine rings is 1. The Labute approximate surface area is 112 Å². The van der Waals surface area contributed by atoms with Crippen LogP contribution in [0.2, 0.25) is 0 Å². The minimum atomic E-state index is -1.06. The van der Waals surface area contributed by atoms with Crippen molar-refractivity contribution in [3.8, 4) is 0 Å². The van der Waals surface area contributed by atoms with E-state index in [0.29, 0.717) is 25.9 Å². The highest BCUT2D eigenvalue weighted by molar-refractivity contribution is 5.86. The van der Waals surface area contributed by atoms with Gasteiger partial charge in [-0.15, -0.1) is 0 Å². The molecule has 0 aromatic heterocycles. The lowest BCUT2D eigenvalue weighted by atomic mass is 9.95. The van der Waals surface area contributed by atoms with Crippen molar-refractivity contribution in [2.75, 3.05) is 13.1 Å².